The topological polar surface area (TPSA) is 40.5 Å². The summed E-state index contributed by atoms with van der Waals surface area (Å²) in [6.45, 7) is 8.05. The van der Waals surface area contributed by atoms with Gasteiger partial charge in [0, 0.05) is 6.04 Å². The van der Waals surface area contributed by atoms with Crippen LogP contribution in [0.15, 0.2) is 0 Å². The Kier molecular flexibility index (Phi) is 5.11. The molecule has 2 rings (SSSR count). The lowest BCUT2D eigenvalue weighted by molar-refractivity contribution is -0.146. The molecule has 2 aliphatic rings. The molecular weight excluding hydrogens is 250 g/mol. The van der Waals surface area contributed by atoms with Crippen LogP contribution in [0.1, 0.15) is 72.1 Å². The molecule has 1 saturated carbocycles. The Morgan fingerprint density at radius 3 is 2.35 bits per heavy atom. The molecule has 20 heavy (non-hydrogen) atoms. The zero-order valence-corrected chi connectivity index (χ0v) is 13.4. The number of hydrogen-bond donors (Lipinski definition) is 1. The number of aliphatic carboxylic acids is 1. The lowest BCUT2D eigenvalue weighted by atomic mass is 9.68. The smallest absolute Gasteiger partial charge is 0.320 e. The fourth-order valence-corrected chi connectivity index (χ4v) is 4.13. The third-order valence-corrected chi connectivity index (χ3v) is 6.01. The summed E-state index contributed by atoms with van der Waals surface area (Å²) in [7, 11) is 0. The van der Waals surface area contributed by atoms with Gasteiger partial charge in [-0.3, -0.25) is 9.69 Å². The summed E-state index contributed by atoms with van der Waals surface area (Å²) in [4.78, 5) is 13.7. The first-order valence-electron chi connectivity index (χ1n) is 8.44. The van der Waals surface area contributed by atoms with Crippen LogP contribution < -0.4 is 0 Å². The quantitative estimate of drug-likeness (QED) is 0.849. The summed E-state index contributed by atoms with van der Waals surface area (Å²) in [5, 5.41) is 9.42. The SMILES string of the molecule is CCC(C)(C)C1CCC(N2CCCCC2C(=O)O)CC1. The van der Waals surface area contributed by atoms with E-state index in [1.807, 2.05) is 0 Å². The normalized spacial score (nSPS) is 33.0. The highest BCUT2D eigenvalue weighted by atomic mass is 16.4. The average molecular weight is 281 g/mol. The maximum absolute atomic E-state index is 11.4. The molecule has 116 valence electrons. The van der Waals surface area contributed by atoms with Crippen LogP contribution in [0, 0.1) is 11.3 Å². The van der Waals surface area contributed by atoms with Crippen LogP contribution in [0.5, 0.6) is 0 Å². The van der Waals surface area contributed by atoms with Crippen molar-refractivity contribution in [1.82, 2.24) is 4.90 Å². The van der Waals surface area contributed by atoms with Gasteiger partial charge >= 0.3 is 5.97 Å². The third kappa shape index (κ3) is 3.36. The molecule has 3 heteroatoms. The standard InChI is InChI=1S/C17H31NO2/c1-4-17(2,3)13-8-10-14(11-9-13)18-12-6-5-7-15(18)16(19)20/h13-15H,4-12H2,1-3H3,(H,19,20). The van der Waals surface area contributed by atoms with Crippen LogP contribution in [-0.4, -0.2) is 34.6 Å². The van der Waals surface area contributed by atoms with E-state index >= 15 is 0 Å². The molecule has 1 heterocycles. The molecular formula is C17H31NO2. The predicted molar refractivity (Wildman–Crippen MR) is 81.8 cm³/mol. The number of likely N-dealkylation sites (tertiary alicyclic amines) is 1. The number of carboxylic acid groups (broad SMARTS) is 1. The predicted octanol–water partition coefficient (Wildman–Crippen LogP) is 3.92. The Labute approximate surface area is 123 Å². The largest absolute Gasteiger partial charge is 0.480 e. The maximum atomic E-state index is 11.4. The van der Waals surface area contributed by atoms with Gasteiger partial charge in [-0.15, -0.1) is 0 Å². The van der Waals surface area contributed by atoms with E-state index in [4.69, 9.17) is 0 Å². The molecule has 0 aromatic carbocycles. The van der Waals surface area contributed by atoms with E-state index in [1.165, 1.54) is 38.5 Å². The summed E-state index contributed by atoms with van der Waals surface area (Å²) < 4.78 is 0. The second-order valence-corrected chi connectivity index (χ2v) is 7.44. The van der Waals surface area contributed by atoms with Gasteiger partial charge in [0.2, 0.25) is 0 Å². The molecule has 0 aromatic rings. The Bertz CT molecular complexity index is 332. The fraction of sp³-hybridized carbons (Fsp3) is 0.941. The van der Waals surface area contributed by atoms with Gasteiger partial charge in [-0.05, 0) is 56.4 Å². The summed E-state index contributed by atoms with van der Waals surface area (Å²) in [6, 6.07) is 0.296. The van der Waals surface area contributed by atoms with Crippen molar-refractivity contribution < 1.29 is 9.90 Å². The molecule has 1 N–H and O–H groups in total. The fourth-order valence-electron chi connectivity index (χ4n) is 4.13. The molecule has 0 spiro atoms. The summed E-state index contributed by atoms with van der Waals surface area (Å²) >= 11 is 0. The van der Waals surface area contributed by atoms with Crippen LogP contribution in [0.25, 0.3) is 0 Å². The molecule has 3 nitrogen and oxygen atoms in total. The second-order valence-electron chi connectivity index (χ2n) is 7.44. The van der Waals surface area contributed by atoms with E-state index in [0.717, 1.165) is 25.3 Å². The molecule has 1 saturated heterocycles. The molecule has 1 aliphatic heterocycles. The van der Waals surface area contributed by atoms with Crippen molar-refractivity contribution >= 4 is 5.97 Å². The molecule has 1 aliphatic carbocycles. The number of nitrogens with zero attached hydrogens (tertiary/aromatic N) is 1. The summed E-state index contributed by atoms with van der Waals surface area (Å²) in [5.74, 6) is 0.206. The minimum absolute atomic E-state index is 0.218. The van der Waals surface area contributed by atoms with Crippen molar-refractivity contribution in [2.45, 2.75) is 84.2 Å². The van der Waals surface area contributed by atoms with E-state index in [-0.39, 0.29) is 6.04 Å². The first-order chi connectivity index (χ1) is 9.45. The Balaban J connectivity index is 1.94. The van der Waals surface area contributed by atoms with Crippen molar-refractivity contribution in [3.63, 3.8) is 0 Å². The van der Waals surface area contributed by atoms with E-state index in [1.54, 1.807) is 0 Å². The van der Waals surface area contributed by atoms with Crippen LogP contribution in [0.4, 0.5) is 0 Å². The number of rotatable bonds is 4. The van der Waals surface area contributed by atoms with Gasteiger partial charge in [-0.25, -0.2) is 0 Å². The van der Waals surface area contributed by atoms with Crippen LogP contribution in [0.3, 0.4) is 0 Å². The van der Waals surface area contributed by atoms with Crippen molar-refractivity contribution in [3.8, 4) is 0 Å². The van der Waals surface area contributed by atoms with Crippen molar-refractivity contribution in [2.24, 2.45) is 11.3 Å². The maximum Gasteiger partial charge on any atom is 0.320 e. The Hall–Kier alpha value is -0.570. The Morgan fingerprint density at radius 2 is 1.80 bits per heavy atom. The molecule has 1 atom stereocenters. The number of piperidine rings is 1. The Morgan fingerprint density at radius 1 is 1.15 bits per heavy atom. The monoisotopic (exact) mass is 281 g/mol. The first-order valence-corrected chi connectivity index (χ1v) is 8.44. The first kappa shape index (κ1) is 15.8. The highest BCUT2D eigenvalue weighted by Gasteiger charge is 2.38. The molecule has 2 fully saturated rings. The van der Waals surface area contributed by atoms with Gasteiger partial charge in [0.05, 0.1) is 0 Å². The van der Waals surface area contributed by atoms with Gasteiger partial charge in [-0.1, -0.05) is 33.6 Å². The van der Waals surface area contributed by atoms with E-state index in [0.29, 0.717) is 11.5 Å². The molecule has 0 amide bonds. The van der Waals surface area contributed by atoms with Crippen LogP contribution in [0.2, 0.25) is 0 Å². The van der Waals surface area contributed by atoms with Crippen molar-refractivity contribution in [3.05, 3.63) is 0 Å². The molecule has 0 aromatic heterocycles. The lowest BCUT2D eigenvalue weighted by Crippen LogP contribution is -2.51. The second kappa shape index (κ2) is 6.46. The van der Waals surface area contributed by atoms with E-state index < -0.39 is 5.97 Å². The minimum atomic E-state index is -0.610. The van der Waals surface area contributed by atoms with Gasteiger partial charge in [0.15, 0.2) is 0 Å². The summed E-state index contributed by atoms with van der Waals surface area (Å²) in [6.07, 6.45) is 9.26. The van der Waals surface area contributed by atoms with Gasteiger partial charge in [0.25, 0.3) is 0 Å². The zero-order chi connectivity index (χ0) is 14.8. The highest BCUT2D eigenvalue weighted by Crippen LogP contribution is 2.42. The molecule has 1 unspecified atom stereocenters. The van der Waals surface area contributed by atoms with Crippen molar-refractivity contribution in [1.29, 1.82) is 0 Å². The van der Waals surface area contributed by atoms with E-state index in [2.05, 4.69) is 25.7 Å². The van der Waals surface area contributed by atoms with Crippen molar-refractivity contribution in [2.75, 3.05) is 6.54 Å². The number of carbonyl (C=O) groups is 1. The molecule has 0 bridgehead atoms. The number of carboxylic acids is 1. The van der Waals surface area contributed by atoms with Gasteiger partial charge < -0.3 is 5.11 Å². The average Bonchev–Trinajstić information content (AvgIpc) is 2.47. The van der Waals surface area contributed by atoms with Crippen LogP contribution >= 0.6 is 0 Å². The summed E-state index contributed by atoms with van der Waals surface area (Å²) in [5.41, 5.74) is 0.444. The van der Waals surface area contributed by atoms with E-state index in [9.17, 15) is 9.90 Å². The third-order valence-electron chi connectivity index (χ3n) is 6.01. The minimum Gasteiger partial charge on any atom is -0.480 e. The lowest BCUT2D eigenvalue weighted by Gasteiger charge is -2.45. The van der Waals surface area contributed by atoms with Gasteiger partial charge in [0.1, 0.15) is 6.04 Å². The highest BCUT2D eigenvalue weighted by molar-refractivity contribution is 5.73. The number of hydrogen-bond acceptors (Lipinski definition) is 2. The van der Waals surface area contributed by atoms with Crippen LogP contribution in [-0.2, 0) is 4.79 Å². The molecule has 0 radical (unpaired) electrons. The van der Waals surface area contributed by atoms with Gasteiger partial charge in [-0.2, -0.15) is 0 Å². The zero-order valence-electron chi connectivity index (χ0n) is 13.4.